The van der Waals surface area contributed by atoms with Gasteiger partial charge >= 0.3 is 5.97 Å². The molecule has 1 N–H and O–H groups in total. The van der Waals surface area contributed by atoms with Crippen LogP contribution in [0.25, 0.3) is 0 Å². The lowest BCUT2D eigenvalue weighted by atomic mass is 9.92. The van der Waals surface area contributed by atoms with E-state index in [2.05, 4.69) is 30.2 Å². The number of likely N-dealkylation sites (N-methyl/N-ethyl adjacent to an activating group) is 1. The minimum Gasteiger partial charge on any atom is -0.508 e. The molecule has 0 aliphatic carbocycles. The fourth-order valence-electron chi connectivity index (χ4n) is 4.81. The number of carbonyl (C=O) groups is 2. The van der Waals surface area contributed by atoms with Crippen LogP contribution in [0.15, 0.2) is 61.2 Å². The monoisotopic (exact) mass is 479 g/mol. The molecule has 2 aromatic rings. The Morgan fingerprint density at radius 2 is 1.83 bits per heavy atom. The van der Waals surface area contributed by atoms with Crippen LogP contribution in [0.3, 0.4) is 0 Å². The number of amides is 1. The third-order valence-corrected chi connectivity index (χ3v) is 6.51. The Kier molecular flexibility index (Phi) is 9.07. The lowest BCUT2D eigenvalue weighted by Crippen LogP contribution is -2.57. The third-order valence-electron chi connectivity index (χ3n) is 6.51. The molecule has 0 saturated carbocycles. The Balaban J connectivity index is 1.95. The number of carbonyl (C=O) groups excluding carboxylic acids is 2. The highest BCUT2D eigenvalue weighted by Crippen LogP contribution is 2.35. The SMILES string of the molecule is C=CCN1C[C@H](C)N([C@@H](c2cccc(O)c2)c2cccc(C(=O)N(C)CC(=O)OCC)c2)C[C@H]1C. The molecule has 35 heavy (non-hydrogen) atoms. The van der Waals surface area contributed by atoms with Crippen LogP contribution in [0.4, 0.5) is 0 Å². The van der Waals surface area contributed by atoms with E-state index in [1.54, 1.807) is 32.2 Å². The number of piperazine rings is 1. The molecule has 3 atom stereocenters. The molecule has 7 nitrogen and oxygen atoms in total. The van der Waals surface area contributed by atoms with Crippen LogP contribution in [-0.4, -0.2) is 83.6 Å². The van der Waals surface area contributed by atoms with Crippen LogP contribution in [0, 0.1) is 0 Å². The molecule has 1 aliphatic rings. The summed E-state index contributed by atoms with van der Waals surface area (Å²) in [7, 11) is 1.60. The Morgan fingerprint density at radius 3 is 2.49 bits per heavy atom. The molecule has 0 radical (unpaired) electrons. The van der Waals surface area contributed by atoms with Gasteiger partial charge in [0.05, 0.1) is 12.6 Å². The average Bonchev–Trinajstić information content (AvgIpc) is 2.82. The largest absolute Gasteiger partial charge is 0.508 e. The molecule has 1 heterocycles. The van der Waals surface area contributed by atoms with Crippen molar-refractivity contribution in [2.75, 3.05) is 39.8 Å². The van der Waals surface area contributed by atoms with Gasteiger partial charge in [-0.2, -0.15) is 0 Å². The normalized spacial score (nSPS) is 19.7. The first-order chi connectivity index (χ1) is 16.7. The number of nitrogens with zero attached hydrogens (tertiary/aromatic N) is 3. The molecule has 188 valence electrons. The van der Waals surface area contributed by atoms with Crippen molar-refractivity contribution in [3.63, 3.8) is 0 Å². The molecule has 3 rings (SSSR count). The van der Waals surface area contributed by atoms with Gasteiger partial charge in [0, 0.05) is 44.3 Å². The summed E-state index contributed by atoms with van der Waals surface area (Å²) in [6.07, 6.45) is 1.94. The smallest absolute Gasteiger partial charge is 0.325 e. The second kappa shape index (κ2) is 12.0. The zero-order valence-electron chi connectivity index (χ0n) is 21.2. The van der Waals surface area contributed by atoms with Crippen molar-refractivity contribution in [1.29, 1.82) is 0 Å². The maximum Gasteiger partial charge on any atom is 0.325 e. The van der Waals surface area contributed by atoms with Crippen molar-refractivity contribution >= 4 is 11.9 Å². The van der Waals surface area contributed by atoms with Crippen LogP contribution in [0.2, 0.25) is 0 Å². The van der Waals surface area contributed by atoms with E-state index in [-0.39, 0.29) is 36.9 Å². The molecule has 1 aliphatic heterocycles. The number of rotatable bonds is 9. The minimum absolute atomic E-state index is 0.104. The summed E-state index contributed by atoms with van der Waals surface area (Å²) in [6, 6.07) is 15.3. The molecule has 0 aromatic heterocycles. The van der Waals surface area contributed by atoms with Crippen molar-refractivity contribution in [2.24, 2.45) is 0 Å². The topological polar surface area (TPSA) is 73.3 Å². The van der Waals surface area contributed by atoms with E-state index in [4.69, 9.17) is 4.74 Å². The molecule has 1 fully saturated rings. The number of phenolic OH excluding ortho intramolecular Hbond substituents is 1. The fraction of sp³-hybridized carbons (Fsp3) is 0.429. The highest BCUT2D eigenvalue weighted by Gasteiger charge is 2.34. The van der Waals surface area contributed by atoms with E-state index < -0.39 is 5.97 Å². The number of benzene rings is 2. The number of phenols is 1. The Hall–Kier alpha value is -3.16. The van der Waals surface area contributed by atoms with Gasteiger partial charge in [0.2, 0.25) is 0 Å². The van der Waals surface area contributed by atoms with E-state index in [0.717, 1.165) is 30.8 Å². The quantitative estimate of drug-likeness (QED) is 0.437. The average molecular weight is 480 g/mol. The summed E-state index contributed by atoms with van der Waals surface area (Å²) in [4.78, 5) is 31.2. The summed E-state index contributed by atoms with van der Waals surface area (Å²) in [6.45, 7) is 12.8. The zero-order chi connectivity index (χ0) is 25.5. The summed E-state index contributed by atoms with van der Waals surface area (Å²) >= 11 is 0. The number of aromatic hydroxyl groups is 1. The van der Waals surface area contributed by atoms with Crippen molar-refractivity contribution in [3.8, 4) is 5.75 Å². The summed E-state index contributed by atoms with van der Waals surface area (Å²) in [5.74, 6) is -0.468. The first-order valence-electron chi connectivity index (χ1n) is 12.2. The first-order valence-corrected chi connectivity index (χ1v) is 12.2. The Morgan fingerprint density at radius 1 is 1.14 bits per heavy atom. The highest BCUT2D eigenvalue weighted by molar-refractivity contribution is 5.96. The molecule has 0 bridgehead atoms. The number of ether oxygens (including phenoxy) is 1. The summed E-state index contributed by atoms with van der Waals surface area (Å²) < 4.78 is 4.98. The van der Waals surface area contributed by atoms with Crippen LogP contribution in [0.5, 0.6) is 5.75 Å². The molecular formula is C28H37N3O4. The molecule has 7 heteroatoms. The molecular weight excluding hydrogens is 442 g/mol. The van der Waals surface area contributed by atoms with Gasteiger partial charge in [-0.3, -0.25) is 19.4 Å². The van der Waals surface area contributed by atoms with Gasteiger partial charge in [0.1, 0.15) is 12.3 Å². The van der Waals surface area contributed by atoms with Crippen molar-refractivity contribution in [2.45, 2.75) is 38.9 Å². The van der Waals surface area contributed by atoms with Gasteiger partial charge < -0.3 is 14.7 Å². The first kappa shape index (κ1) is 26.4. The van der Waals surface area contributed by atoms with Gasteiger partial charge in [0.25, 0.3) is 5.91 Å². The highest BCUT2D eigenvalue weighted by atomic mass is 16.5. The third kappa shape index (κ3) is 6.50. The van der Waals surface area contributed by atoms with Crippen molar-refractivity contribution in [3.05, 3.63) is 77.9 Å². The Labute approximate surface area is 208 Å². The molecule has 2 aromatic carbocycles. The van der Waals surface area contributed by atoms with E-state index in [9.17, 15) is 14.7 Å². The lowest BCUT2D eigenvalue weighted by Gasteiger charge is -2.47. The maximum atomic E-state index is 13.1. The van der Waals surface area contributed by atoms with Gasteiger partial charge in [0.15, 0.2) is 0 Å². The molecule has 1 saturated heterocycles. The van der Waals surface area contributed by atoms with Crippen LogP contribution in [0.1, 0.15) is 48.3 Å². The van der Waals surface area contributed by atoms with Crippen LogP contribution in [-0.2, 0) is 9.53 Å². The van der Waals surface area contributed by atoms with Gasteiger partial charge in [-0.25, -0.2) is 0 Å². The predicted octanol–water partition coefficient (Wildman–Crippen LogP) is 3.70. The molecule has 0 unspecified atom stereocenters. The van der Waals surface area contributed by atoms with Gasteiger partial charge in [-0.1, -0.05) is 30.3 Å². The fourth-order valence-corrected chi connectivity index (χ4v) is 4.81. The Bertz CT molecular complexity index is 1040. The van der Waals surface area contributed by atoms with Crippen LogP contribution < -0.4 is 0 Å². The van der Waals surface area contributed by atoms with Crippen molar-refractivity contribution in [1.82, 2.24) is 14.7 Å². The van der Waals surface area contributed by atoms with E-state index in [0.29, 0.717) is 11.6 Å². The maximum absolute atomic E-state index is 13.1. The number of esters is 1. The summed E-state index contributed by atoms with van der Waals surface area (Å²) in [5.41, 5.74) is 2.43. The predicted molar refractivity (Wildman–Crippen MR) is 137 cm³/mol. The van der Waals surface area contributed by atoms with E-state index in [1.165, 1.54) is 4.90 Å². The van der Waals surface area contributed by atoms with Gasteiger partial charge in [-0.15, -0.1) is 6.58 Å². The standard InChI is InChI=1S/C28H37N3O4/c1-6-14-30-17-21(4)31(18-20(30)3)27(23-11-9-13-25(32)16-23)22-10-8-12-24(15-22)28(34)29(5)19-26(33)35-7-2/h6,8-13,15-16,20-21,27,32H,1,7,14,17-19H2,2-5H3/t20-,21+,27-/m1/s1. The van der Waals surface area contributed by atoms with Gasteiger partial charge in [-0.05, 0) is 56.2 Å². The number of hydrogen-bond acceptors (Lipinski definition) is 6. The van der Waals surface area contributed by atoms with Crippen molar-refractivity contribution < 1.29 is 19.4 Å². The van der Waals surface area contributed by atoms with E-state index in [1.807, 2.05) is 36.4 Å². The molecule has 1 amide bonds. The second-order valence-corrected chi connectivity index (χ2v) is 9.23. The zero-order valence-corrected chi connectivity index (χ0v) is 21.2. The number of hydrogen-bond donors (Lipinski definition) is 1. The minimum atomic E-state index is -0.433. The van der Waals surface area contributed by atoms with Crippen LogP contribution >= 0.6 is 0 Å². The lowest BCUT2D eigenvalue weighted by molar-refractivity contribution is -0.143. The summed E-state index contributed by atoms with van der Waals surface area (Å²) in [5, 5.41) is 10.2. The second-order valence-electron chi connectivity index (χ2n) is 9.23. The van der Waals surface area contributed by atoms with E-state index >= 15 is 0 Å². The molecule has 0 spiro atoms.